The van der Waals surface area contributed by atoms with Gasteiger partial charge in [-0.25, -0.2) is 14.6 Å². The highest BCUT2D eigenvalue weighted by atomic mass is 79.9. The third-order valence-corrected chi connectivity index (χ3v) is 8.48. The molecular weight excluding hydrogens is 636 g/mol. The molecule has 5 rings (SSSR count). The number of carbonyl (C=O) groups excluding carboxylic acids is 2. The van der Waals surface area contributed by atoms with Crippen LogP contribution in [0.3, 0.4) is 0 Å². The summed E-state index contributed by atoms with van der Waals surface area (Å²) < 4.78 is 24.4. The Morgan fingerprint density at radius 1 is 1.09 bits per heavy atom. The van der Waals surface area contributed by atoms with Crippen molar-refractivity contribution in [3.63, 3.8) is 0 Å². The van der Waals surface area contributed by atoms with Crippen molar-refractivity contribution < 1.29 is 28.2 Å². The van der Waals surface area contributed by atoms with Crippen molar-refractivity contribution in [2.75, 3.05) is 20.8 Å². The zero-order valence-electron chi connectivity index (χ0n) is 24.0. The smallest absolute Gasteiger partial charge is 0.338 e. The van der Waals surface area contributed by atoms with Gasteiger partial charge in [0.25, 0.3) is 5.56 Å². The predicted octanol–water partition coefficient (Wildman–Crippen LogP) is 5.40. The summed E-state index contributed by atoms with van der Waals surface area (Å²) in [5.41, 5.74) is 2.23. The highest BCUT2D eigenvalue weighted by molar-refractivity contribution is 9.10. The van der Waals surface area contributed by atoms with Crippen LogP contribution in [0.4, 0.5) is 0 Å². The van der Waals surface area contributed by atoms with E-state index in [2.05, 4.69) is 15.9 Å². The van der Waals surface area contributed by atoms with Crippen LogP contribution in [0.1, 0.15) is 54.4 Å². The first-order chi connectivity index (χ1) is 20.8. The molecular formula is C32H29BrN2O7S. The summed E-state index contributed by atoms with van der Waals surface area (Å²) in [7, 11) is 2.89. The molecule has 9 nitrogen and oxygen atoms in total. The van der Waals surface area contributed by atoms with Gasteiger partial charge < -0.3 is 18.6 Å². The van der Waals surface area contributed by atoms with Crippen LogP contribution in [0.15, 0.2) is 84.5 Å². The first kappa shape index (κ1) is 30.2. The lowest BCUT2D eigenvalue weighted by atomic mass is 9.94. The summed E-state index contributed by atoms with van der Waals surface area (Å²) in [6.07, 6.45) is 2.93. The molecule has 1 atom stereocenters. The molecule has 43 heavy (non-hydrogen) atoms. The van der Waals surface area contributed by atoms with E-state index in [1.807, 2.05) is 19.1 Å². The van der Waals surface area contributed by atoms with Gasteiger partial charge >= 0.3 is 11.9 Å². The zero-order chi connectivity index (χ0) is 30.7. The van der Waals surface area contributed by atoms with Gasteiger partial charge in [-0.05, 0) is 65.2 Å². The maximum Gasteiger partial charge on any atom is 0.338 e. The number of nitrogens with zero attached hydrogens (tertiary/aromatic N) is 2. The van der Waals surface area contributed by atoms with Crippen LogP contribution >= 0.6 is 27.3 Å². The van der Waals surface area contributed by atoms with Gasteiger partial charge in [-0.2, -0.15) is 0 Å². The lowest BCUT2D eigenvalue weighted by molar-refractivity contribution is -0.139. The molecule has 1 aliphatic rings. The average Bonchev–Trinajstić information content (AvgIpc) is 3.60. The van der Waals surface area contributed by atoms with Crippen LogP contribution in [0, 0.1) is 0 Å². The number of aromatic nitrogens is 1. The van der Waals surface area contributed by atoms with E-state index in [0.29, 0.717) is 65.5 Å². The number of carbonyl (C=O) groups is 2. The number of methoxy groups -OCH3 is 2. The topological polar surface area (TPSA) is 109 Å². The first-order valence-electron chi connectivity index (χ1n) is 13.6. The molecule has 3 heterocycles. The van der Waals surface area contributed by atoms with Crippen molar-refractivity contribution in [3.8, 4) is 17.1 Å². The van der Waals surface area contributed by atoms with Gasteiger partial charge in [-0.3, -0.25) is 9.36 Å². The standard InChI is InChI=1S/C32H29BrN2O7S/c1-5-9-23-27(31(38)41-6-2)28(18-12-14-25(39-3)22(33)16-18)35-29(36)26(43-32(35)34-23)17-19-13-15-24(42-19)20-10-7-8-11-21(20)30(37)40-4/h7-8,10-17,28H,5-6,9H2,1-4H3/b26-17+/t28-/m1/s1. The highest BCUT2D eigenvalue weighted by Crippen LogP contribution is 2.36. The molecule has 0 bridgehead atoms. The number of furan rings is 1. The summed E-state index contributed by atoms with van der Waals surface area (Å²) in [6, 6.07) is 15.1. The summed E-state index contributed by atoms with van der Waals surface area (Å²) >= 11 is 4.75. The van der Waals surface area contributed by atoms with E-state index in [1.54, 1.807) is 62.6 Å². The molecule has 0 saturated carbocycles. The molecule has 0 unspecified atom stereocenters. The predicted molar refractivity (Wildman–Crippen MR) is 166 cm³/mol. The van der Waals surface area contributed by atoms with Gasteiger partial charge in [0, 0.05) is 11.6 Å². The molecule has 0 radical (unpaired) electrons. The van der Waals surface area contributed by atoms with E-state index in [4.69, 9.17) is 23.6 Å². The number of allylic oxidation sites excluding steroid dienone is 1. The Labute approximate surface area is 259 Å². The number of hydrogen-bond acceptors (Lipinski definition) is 9. The largest absolute Gasteiger partial charge is 0.496 e. The van der Waals surface area contributed by atoms with Crippen molar-refractivity contribution in [2.45, 2.75) is 32.7 Å². The molecule has 2 aromatic heterocycles. The normalized spacial score (nSPS) is 14.7. The van der Waals surface area contributed by atoms with Crippen LogP contribution in [0.25, 0.3) is 17.4 Å². The third-order valence-electron chi connectivity index (χ3n) is 6.88. The first-order valence-corrected chi connectivity index (χ1v) is 15.2. The lowest BCUT2D eigenvalue weighted by Gasteiger charge is -2.26. The Morgan fingerprint density at radius 3 is 2.58 bits per heavy atom. The molecule has 0 spiro atoms. The minimum atomic E-state index is -0.764. The number of fused-ring (bicyclic) bond motifs is 1. The van der Waals surface area contributed by atoms with Crippen LogP contribution in [-0.2, 0) is 14.3 Å². The monoisotopic (exact) mass is 664 g/mol. The number of hydrogen-bond donors (Lipinski definition) is 0. The molecule has 222 valence electrons. The molecule has 0 saturated heterocycles. The molecule has 2 aromatic carbocycles. The summed E-state index contributed by atoms with van der Waals surface area (Å²) in [5.74, 6) is 0.500. The maximum atomic E-state index is 14.0. The molecule has 0 aliphatic carbocycles. The Bertz CT molecular complexity index is 1920. The quantitative estimate of drug-likeness (QED) is 0.221. The molecule has 0 fully saturated rings. The fraction of sp³-hybridized carbons (Fsp3) is 0.250. The van der Waals surface area contributed by atoms with Gasteiger partial charge in [0.05, 0.1) is 52.7 Å². The molecule has 11 heteroatoms. The van der Waals surface area contributed by atoms with Crippen molar-refractivity contribution in [2.24, 2.45) is 4.99 Å². The summed E-state index contributed by atoms with van der Waals surface area (Å²) in [4.78, 5) is 45.0. The zero-order valence-corrected chi connectivity index (χ0v) is 26.4. The second kappa shape index (κ2) is 13.0. The van der Waals surface area contributed by atoms with Crippen LogP contribution < -0.4 is 19.6 Å². The van der Waals surface area contributed by atoms with Gasteiger partial charge in [0.15, 0.2) is 4.80 Å². The van der Waals surface area contributed by atoms with Crippen molar-refractivity contribution in [1.82, 2.24) is 4.57 Å². The van der Waals surface area contributed by atoms with E-state index in [1.165, 1.54) is 23.0 Å². The van der Waals surface area contributed by atoms with Crippen LogP contribution in [0.2, 0.25) is 0 Å². The lowest BCUT2D eigenvalue weighted by Crippen LogP contribution is -2.40. The second-order valence-electron chi connectivity index (χ2n) is 9.55. The number of esters is 2. The second-order valence-corrected chi connectivity index (χ2v) is 11.4. The van der Waals surface area contributed by atoms with Gasteiger partial charge in [-0.15, -0.1) is 0 Å². The fourth-order valence-electron chi connectivity index (χ4n) is 4.98. The van der Waals surface area contributed by atoms with Crippen molar-refractivity contribution in [3.05, 3.63) is 107 Å². The third kappa shape index (κ3) is 5.87. The van der Waals surface area contributed by atoms with E-state index >= 15 is 0 Å². The number of halogens is 1. The van der Waals surface area contributed by atoms with Gasteiger partial charge in [0.1, 0.15) is 17.3 Å². The average molecular weight is 666 g/mol. The Hall–Kier alpha value is -4.22. The number of ether oxygens (including phenoxy) is 3. The molecule has 0 N–H and O–H groups in total. The van der Waals surface area contributed by atoms with Gasteiger partial charge in [-0.1, -0.05) is 48.9 Å². The van der Waals surface area contributed by atoms with Crippen LogP contribution in [-0.4, -0.2) is 37.3 Å². The number of benzene rings is 2. The SMILES string of the molecule is CCCC1=C(C(=O)OCC)[C@@H](c2ccc(OC)c(Br)c2)n2c(s/c(=C/c3ccc(-c4ccccc4C(=O)OC)o3)c2=O)=N1. The number of thiazole rings is 1. The van der Waals surface area contributed by atoms with E-state index in [9.17, 15) is 14.4 Å². The summed E-state index contributed by atoms with van der Waals surface area (Å²) in [5, 5.41) is 0. The minimum Gasteiger partial charge on any atom is -0.496 e. The van der Waals surface area contributed by atoms with Crippen LogP contribution in [0.5, 0.6) is 5.75 Å². The maximum absolute atomic E-state index is 14.0. The van der Waals surface area contributed by atoms with E-state index in [-0.39, 0.29) is 12.2 Å². The Kier molecular flexibility index (Phi) is 9.12. The Morgan fingerprint density at radius 2 is 1.88 bits per heavy atom. The highest BCUT2D eigenvalue weighted by Gasteiger charge is 2.34. The van der Waals surface area contributed by atoms with E-state index in [0.717, 1.165) is 6.42 Å². The Balaban J connectivity index is 1.67. The summed E-state index contributed by atoms with van der Waals surface area (Å²) in [6.45, 7) is 3.94. The van der Waals surface area contributed by atoms with Crippen molar-refractivity contribution in [1.29, 1.82) is 0 Å². The van der Waals surface area contributed by atoms with Crippen molar-refractivity contribution >= 4 is 45.3 Å². The molecule has 4 aromatic rings. The minimum absolute atomic E-state index is 0.186. The molecule has 0 amide bonds. The number of rotatable bonds is 9. The molecule has 1 aliphatic heterocycles. The fourth-order valence-corrected chi connectivity index (χ4v) is 6.54. The van der Waals surface area contributed by atoms with Gasteiger partial charge in [0.2, 0.25) is 0 Å². The van der Waals surface area contributed by atoms with E-state index < -0.39 is 18.0 Å².